The summed E-state index contributed by atoms with van der Waals surface area (Å²) in [5.41, 5.74) is 3.30. The van der Waals surface area contributed by atoms with E-state index in [0.717, 1.165) is 23.3 Å². The minimum Gasteiger partial charge on any atom is -0.385 e. The second-order valence-corrected chi connectivity index (χ2v) is 3.84. The van der Waals surface area contributed by atoms with Crippen molar-refractivity contribution in [3.05, 3.63) is 34.9 Å². The molecule has 0 bridgehead atoms. The molecule has 4 heteroatoms. The predicted octanol–water partition coefficient (Wildman–Crippen LogP) is 1.77. The fraction of sp³-hybridized carbons (Fsp3) is 0.429. The maximum Gasteiger partial charge on any atom is 0.284 e. The number of rotatable bonds is 4. The van der Waals surface area contributed by atoms with E-state index >= 15 is 0 Å². The first-order chi connectivity index (χ1) is 8.54. The Balaban J connectivity index is 0.000000631. The van der Waals surface area contributed by atoms with Crippen molar-refractivity contribution in [3.63, 3.8) is 0 Å². The van der Waals surface area contributed by atoms with Gasteiger partial charge in [0.05, 0.1) is 0 Å². The highest BCUT2D eigenvalue weighted by Crippen LogP contribution is 2.09. The fourth-order valence-electron chi connectivity index (χ4n) is 1.21. The molecule has 0 heterocycles. The summed E-state index contributed by atoms with van der Waals surface area (Å²) < 4.78 is 4.54. The lowest BCUT2D eigenvalue weighted by molar-refractivity contribution is -0.131. The average molecular weight is 251 g/mol. The van der Waals surface area contributed by atoms with Crippen LogP contribution in [0.2, 0.25) is 0 Å². The van der Waals surface area contributed by atoms with Crippen LogP contribution in [0, 0.1) is 13.8 Å². The number of aldehydes is 1. The van der Waals surface area contributed by atoms with Crippen LogP contribution in [0.4, 0.5) is 0 Å². The lowest BCUT2D eigenvalue weighted by atomic mass is 10.1. The zero-order valence-corrected chi connectivity index (χ0v) is 11.4. The molecule has 0 aliphatic carbocycles. The quantitative estimate of drug-likeness (QED) is 0.655. The van der Waals surface area contributed by atoms with Gasteiger partial charge in [-0.05, 0) is 31.9 Å². The predicted molar refractivity (Wildman–Crippen MR) is 71.4 cm³/mol. The number of hydrogen-bond acceptors (Lipinski definition) is 3. The van der Waals surface area contributed by atoms with E-state index in [-0.39, 0.29) is 6.29 Å². The second-order valence-electron chi connectivity index (χ2n) is 3.84. The highest BCUT2D eigenvalue weighted by atomic mass is 16.5. The van der Waals surface area contributed by atoms with Gasteiger partial charge in [0, 0.05) is 20.3 Å². The van der Waals surface area contributed by atoms with E-state index < -0.39 is 5.91 Å². The number of methoxy groups -OCH3 is 1. The second kappa shape index (κ2) is 9.36. The number of aryl methyl sites for hydroxylation is 2. The van der Waals surface area contributed by atoms with Crippen LogP contribution in [0.5, 0.6) is 0 Å². The first kappa shape index (κ1) is 16.3. The summed E-state index contributed by atoms with van der Waals surface area (Å²) in [7, 11) is 1.68. The molecular formula is C14H21NO3. The summed E-state index contributed by atoms with van der Waals surface area (Å²) in [5, 5.41) is 2.51. The Morgan fingerprint density at radius 2 is 2.00 bits per heavy atom. The number of carbonyl (C=O) groups is 2. The zero-order valence-electron chi connectivity index (χ0n) is 11.4. The van der Waals surface area contributed by atoms with Crippen LogP contribution in [0.1, 0.15) is 23.6 Å². The third kappa shape index (κ3) is 6.81. The van der Waals surface area contributed by atoms with E-state index in [0.29, 0.717) is 6.54 Å². The van der Waals surface area contributed by atoms with Crippen molar-refractivity contribution >= 4 is 12.2 Å². The van der Waals surface area contributed by atoms with Crippen molar-refractivity contribution < 1.29 is 14.3 Å². The molecule has 100 valence electrons. The van der Waals surface area contributed by atoms with Gasteiger partial charge in [-0.15, -0.1) is 0 Å². The first-order valence-corrected chi connectivity index (χ1v) is 5.83. The molecule has 0 atom stereocenters. The molecule has 1 aromatic carbocycles. The van der Waals surface area contributed by atoms with Gasteiger partial charge in [0.15, 0.2) is 0 Å². The normalized spacial score (nSPS) is 9.11. The van der Waals surface area contributed by atoms with Crippen molar-refractivity contribution in [1.29, 1.82) is 0 Å². The highest BCUT2D eigenvalue weighted by Gasteiger charge is 2.01. The Labute approximate surface area is 108 Å². The molecule has 0 aliphatic heterocycles. The van der Waals surface area contributed by atoms with Crippen molar-refractivity contribution in [2.75, 3.05) is 13.7 Å². The minimum absolute atomic E-state index is 0.283. The van der Waals surface area contributed by atoms with Crippen LogP contribution < -0.4 is 5.32 Å². The molecule has 1 amide bonds. The Morgan fingerprint density at radius 1 is 1.39 bits per heavy atom. The maximum absolute atomic E-state index is 10.7. The highest BCUT2D eigenvalue weighted by molar-refractivity contribution is 6.23. The summed E-state index contributed by atoms with van der Waals surface area (Å²) >= 11 is 0. The van der Waals surface area contributed by atoms with E-state index in [1.54, 1.807) is 7.11 Å². The summed E-state index contributed by atoms with van der Waals surface area (Å²) in [6.45, 7) is 7.15. The van der Waals surface area contributed by atoms with Crippen LogP contribution in [0.15, 0.2) is 18.2 Å². The van der Waals surface area contributed by atoms with E-state index in [1.807, 2.05) is 39.0 Å². The van der Waals surface area contributed by atoms with E-state index in [1.165, 1.54) is 0 Å². The molecule has 1 rings (SSSR count). The summed E-state index contributed by atoms with van der Waals surface area (Å²) in [5.74, 6) is -0.578. The molecule has 0 radical (unpaired) electrons. The van der Waals surface area contributed by atoms with Crippen LogP contribution in [-0.2, 0) is 20.9 Å². The molecule has 18 heavy (non-hydrogen) atoms. The SMILES string of the molecule is CCOC.Cc1ccc(C)c(CNC(=O)C=O)c1. The molecule has 0 saturated carbocycles. The molecule has 0 unspecified atom stereocenters. The third-order valence-electron chi connectivity index (χ3n) is 2.35. The first-order valence-electron chi connectivity index (χ1n) is 5.83. The molecule has 0 fully saturated rings. The zero-order chi connectivity index (χ0) is 14.0. The lowest BCUT2D eigenvalue weighted by Gasteiger charge is -2.06. The number of ether oxygens (including phenoxy) is 1. The summed E-state index contributed by atoms with van der Waals surface area (Å²) in [6.07, 6.45) is 0.283. The number of hydrogen-bond donors (Lipinski definition) is 1. The lowest BCUT2D eigenvalue weighted by Crippen LogP contribution is -2.23. The van der Waals surface area contributed by atoms with Crippen LogP contribution >= 0.6 is 0 Å². The van der Waals surface area contributed by atoms with E-state index in [4.69, 9.17) is 0 Å². The van der Waals surface area contributed by atoms with Gasteiger partial charge >= 0.3 is 0 Å². The molecule has 0 aromatic heterocycles. The summed E-state index contributed by atoms with van der Waals surface area (Å²) in [6, 6.07) is 6.01. The van der Waals surface area contributed by atoms with Gasteiger partial charge in [0.1, 0.15) is 0 Å². The fourth-order valence-corrected chi connectivity index (χ4v) is 1.21. The maximum atomic E-state index is 10.7. The number of carbonyl (C=O) groups excluding carboxylic acids is 2. The third-order valence-corrected chi connectivity index (χ3v) is 2.35. The largest absolute Gasteiger partial charge is 0.385 e. The van der Waals surface area contributed by atoms with E-state index in [2.05, 4.69) is 10.1 Å². The number of benzene rings is 1. The molecular weight excluding hydrogens is 230 g/mol. The van der Waals surface area contributed by atoms with Crippen molar-refractivity contribution in [3.8, 4) is 0 Å². The Morgan fingerprint density at radius 3 is 2.50 bits per heavy atom. The Kier molecular flexibility index (Phi) is 8.49. The van der Waals surface area contributed by atoms with Crippen molar-refractivity contribution in [1.82, 2.24) is 5.32 Å². The van der Waals surface area contributed by atoms with Gasteiger partial charge in [-0.1, -0.05) is 23.8 Å². The molecule has 1 N–H and O–H groups in total. The van der Waals surface area contributed by atoms with Gasteiger partial charge in [0.25, 0.3) is 5.91 Å². The number of amides is 1. The van der Waals surface area contributed by atoms with Crippen molar-refractivity contribution in [2.45, 2.75) is 27.3 Å². The molecule has 4 nitrogen and oxygen atoms in total. The smallest absolute Gasteiger partial charge is 0.284 e. The van der Waals surface area contributed by atoms with Gasteiger partial charge in [0.2, 0.25) is 6.29 Å². The van der Waals surface area contributed by atoms with Gasteiger partial charge in [-0.2, -0.15) is 0 Å². The van der Waals surface area contributed by atoms with Gasteiger partial charge < -0.3 is 10.1 Å². The average Bonchev–Trinajstić information content (AvgIpc) is 2.39. The van der Waals surface area contributed by atoms with Crippen LogP contribution in [0.3, 0.4) is 0 Å². The molecule has 0 aliphatic rings. The van der Waals surface area contributed by atoms with Gasteiger partial charge in [-0.3, -0.25) is 9.59 Å². The van der Waals surface area contributed by atoms with Crippen LogP contribution in [-0.4, -0.2) is 25.9 Å². The van der Waals surface area contributed by atoms with Gasteiger partial charge in [-0.25, -0.2) is 0 Å². The summed E-state index contributed by atoms with van der Waals surface area (Å²) in [4.78, 5) is 20.8. The van der Waals surface area contributed by atoms with Crippen LogP contribution in [0.25, 0.3) is 0 Å². The molecule has 0 saturated heterocycles. The topological polar surface area (TPSA) is 55.4 Å². The molecule has 0 spiro atoms. The molecule has 1 aromatic rings. The Bertz CT molecular complexity index is 387. The number of nitrogens with one attached hydrogen (secondary N) is 1. The standard InChI is InChI=1S/C11H13NO2.C3H8O/c1-8-3-4-9(2)10(5-8)6-12-11(14)7-13;1-3-4-2/h3-5,7H,6H2,1-2H3,(H,12,14);3H2,1-2H3. The van der Waals surface area contributed by atoms with Crippen molar-refractivity contribution in [2.24, 2.45) is 0 Å². The van der Waals surface area contributed by atoms with E-state index in [9.17, 15) is 9.59 Å². The minimum atomic E-state index is -0.578. The Hall–Kier alpha value is -1.68. The monoisotopic (exact) mass is 251 g/mol.